The molecule has 0 bridgehead atoms. The minimum absolute atomic E-state index is 0.0000491. The van der Waals surface area contributed by atoms with E-state index in [1.807, 2.05) is 0 Å². The summed E-state index contributed by atoms with van der Waals surface area (Å²) in [6.07, 6.45) is 2.25. The summed E-state index contributed by atoms with van der Waals surface area (Å²) in [7, 11) is 0. The lowest BCUT2D eigenvalue weighted by Crippen LogP contribution is -2.32. The number of phenols is 1. The predicted octanol–water partition coefficient (Wildman–Crippen LogP) is 1.78. The summed E-state index contributed by atoms with van der Waals surface area (Å²) in [5, 5.41) is 9.88. The van der Waals surface area contributed by atoms with Gasteiger partial charge in [0.25, 0.3) is 0 Å². The van der Waals surface area contributed by atoms with Gasteiger partial charge in [0, 0.05) is 5.56 Å². The van der Waals surface area contributed by atoms with Gasteiger partial charge >= 0.3 is 0 Å². The molecule has 0 atom stereocenters. The quantitative estimate of drug-likeness (QED) is 0.582. The molecule has 22 heavy (non-hydrogen) atoms. The lowest BCUT2D eigenvalue weighted by atomic mass is 9.80. The summed E-state index contributed by atoms with van der Waals surface area (Å²) >= 11 is 0. The van der Waals surface area contributed by atoms with E-state index in [2.05, 4.69) is 0 Å². The minimum Gasteiger partial charge on any atom is -0.507 e. The number of hydrogen-bond acceptors (Lipinski definition) is 5. The molecule has 110 valence electrons. The Balaban J connectivity index is 1.97. The molecule has 4 rings (SSSR count). The average Bonchev–Trinajstić information content (AvgIpc) is 3.06. The number of allylic oxidation sites excluding steroid dienone is 2. The molecule has 1 aromatic rings. The zero-order valence-corrected chi connectivity index (χ0v) is 11.6. The van der Waals surface area contributed by atoms with Crippen LogP contribution in [0.4, 0.5) is 0 Å². The third kappa shape index (κ3) is 1.29. The van der Waals surface area contributed by atoms with E-state index in [1.165, 1.54) is 18.2 Å². The maximum atomic E-state index is 12.7. The van der Waals surface area contributed by atoms with Crippen molar-refractivity contribution in [2.75, 3.05) is 0 Å². The van der Waals surface area contributed by atoms with Crippen LogP contribution in [0.5, 0.6) is 5.75 Å². The van der Waals surface area contributed by atoms with Gasteiger partial charge in [-0.15, -0.1) is 0 Å². The third-order valence-electron chi connectivity index (χ3n) is 5.00. The van der Waals surface area contributed by atoms with Crippen LogP contribution in [0, 0.1) is 5.41 Å². The first-order valence-corrected chi connectivity index (χ1v) is 7.24. The molecular weight excluding hydrogens is 284 g/mol. The van der Waals surface area contributed by atoms with E-state index in [0.717, 1.165) is 12.8 Å². The van der Waals surface area contributed by atoms with Crippen LogP contribution in [0.3, 0.4) is 0 Å². The maximum absolute atomic E-state index is 12.7. The number of benzene rings is 1. The summed E-state index contributed by atoms with van der Waals surface area (Å²) in [6.45, 7) is 0. The molecule has 5 heteroatoms. The standard InChI is InChI=1S/C17H12O5/c18-9-5-3-4-8-10(9)14(20)12-11(13(8)19)15(21)17(16(12)22)6-1-2-7-17/h3-5,18H,1-2,6-7H2. The van der Waals surface area contributed by atoms with Crippen molar-refractivity contribution < 1.29 is 24.3 Å². The van der Waals surface area contributed by atoms with E-state index in [4.69, 9.17) is 0 Å². The van der Waals surface area contributed by atoms with Crippen LogP contribution in [0.2, 0.25) is 0 Å². The molecule has 1 fully saturated rings. The molecule has 1 spiro atoms. The second kappa shape index (κ2) is 4.00. The van der Waals surface area contributed by atoms with Gasteiger partial charge in [0.2, 0.25) is 5.78 Å². The van der Waals surface area contributed by atoms with Crippen molar-refractivity contribution in [3.05, 3.63) is 40.5 Å². The zero-order valence-electron chi connectivity index (χ0n) is 11.6. The van der Waals surface area contributed by atoms with Crippen molar-refractivity contribution in [1.82, 2.24) is 0 Å². The summed E-state index contributed by atoms with van der Waals surface area (Å²) in [5.74, 6) is -2.70. The van der Waals surface area contributed by atoms with E-state index >= 15 is 0 Å². The number of aromatic hydroxyl groups is 1. The molecule has 5 nitrogen and oxygen atoms in total. The number of fused-ring (bicyclic) bond motifs is 1. The van der Waals surface area contributed by atoms with Crippen molar-refractivity contribution in [1.29, 1.82) is 0 Å². The van der Waals surface area contributed by atoms with Crippen LogP contribution in [-0.2, 0) is 9.59 Å². The lowest BCUT2D eigenvalue weighted by Gasteiger charge is -2.18. The van der Waals surface area contributed by atoms with Crippen molar-refractivity contribution in [2.24, 2.45) is 5.41 Å². The second-order valence-corrected chi connectivity index (χ2v) is 6.06. The van der Waals surface area contributed by atoms with Crippen molar-refractivity contribution in [3.63, 3.8) is 0 Å². The Hall–Kier alpha value is -2.56. The van der Waals surface area contributed by atoms with Crippen LogP contribution >= 0.6 is 0 Å². The van der Waals surface area contributed by atoms with Crippen molar-refractivity contribution in [2.45, 2.75) is 25.7 Å². The highest BCUT2D eigenvalue weighted by Gasteiger charge is 2.60. The monoisotopic (exact) mass is 296 g/mol. The largest absolute Gasteiger partial charge is 0.507 e. The number of rotatable bonds is 0. The number of phenolic OH excluding ortho intramolecular Hbond substituents is 1. The van der Waals surface area contributed by atoms with Gasteiger partial charge in [-0.05, 0) is 18.9 Å². The van der Waals surface area contributed by atoms with Crippen LogP contribution in [0.15, 0.2) is 29.3 Å². The molecule has 1 saturated carbocycles. The number of carbonyl (C=O) groups excluding carboxylic acids is 4. The maximum Gasteiger partial charge on any atom is 0.201 e. The van der Waals surface area contributed by atoms with Gasteiger partial charge in [0.05, 0.1) is 22.1 Å². The summed E-state index contributed by atoms with van der Waals surface area (Å²) in [5.41, 5.74) is -1.96. The van der Waals surface area contributed by atoms with Gasteiger partial charge < -0.3 is 5.11 Å². The molecule has 0 aromatic heterocycles. The number of ketones is 4. The molecule has 0 aliphatic heterocycles. The van der Waals surface area contributed by atoms with Gasteiger partial charge in [0.15, 0.2) is 17.3 Å². The summed E-state index contributed by atoms with van der Waals surface area (Å²) in [4.78, 5) is 50.6. The molecule has 0 heterocycles. The van der Waals surface area contributed by atoms with E-state index in [-0.39, 0.29) is 28.0 Å². The molecule has 3 aliphatic rings. The first kappa shape index (κ1) is 13.1. The first-order valence-electron chi connectivity index (χ1n) is 7.24. The Morgan fingerprint density at radius 2 is 1.45 bits per heavy atom. The van der Waals surface area contributed by atoms with Gasteiger partial charge in [-0.25, -0.2) is 0 Å². The SMILES string of the molecule is O=C1C2=C(C(=O)c3c(O)cccc31)C(=O)C1(CCCC1)C2=O. The van der Waals surface area contributed by atoms with Crippen LogP contribution < -0.4 is 0 Å². The fourth-order valence-corrected chi connectivity index (χ4v) is 3.90. The molecule has 1 N–H and O–H groups in total. The van der Waals surface area contributed by atoms with E-state index in [1.54, 1.807) is 0 Å². The minimum atomic E-state index is -1.21. The fraction of sp³-hybridized carbons (Fsp3) is 0.294. The molecule has 0 saturated heterocycles. The highest BCUT2D eigenvalue weighted by atomic mass is 16.3. The number of Topliss-reactive ketones (excluding diaryl/α,β-unsaturated/α-hetero) is 4. The number of carbonyl (C=O) groups is 4. The van der Waals surface area contributed by atoms with Crippen molar-refractivity contribution >= 4 is 23.1 Å². The highest BCUT2D eigenvalue weighted by Crippen LogP contribution is 2.51. The molecule has 0 radical (unpaired) electrons. The van der Waals surface area contributed by atoms with Crippen LogP contribution in [0.1, 0.15) is 46.4 Å². The zero-order chi connectivity index (χ0) is 15.6. The van der Waals surface area contributed by atoms with Crippen LogP contribution in [0.25, 0.3) is 0 Å². The molecule has 3 aliphatic carbocycles. The van der Waals surface area contributed by atoms with E-state index in [9.17, 15) is 24.3 Å². The fourth-order valence-electron chi connectivity index (χ4n) is 3.90. The summed E-state index contributed by atoms with van der Waals surface area (Å²) in [6, 6.07) is 4.14. The Labute approximate surface area is 125 Å². The van der Waals surface area contributed by atoms with Gasteiger partial charge in [-0.2, -0.15) is 0 Å². The van der Waals surface area contributed by atoms with Crippen molar-refractivity contribution in [3.8, 4) is 5.75 Å². The Bertz CT molecular complexity index is 821. The lowest BCUT2D eigenvalue weighted by molar-refractivity contribution is -0.133. The Morgan fingerprint density at radius 3 is 2.09 bits per heavy atom. The molecule has 0 amide bonds. The smallest absolute Gasteiger partial charge is 0.201 e. The van der Waals surface area contributed by atoms with E-state index in [0.29, 0.717) is 12.8 Å². The second-order valence-electron chi connectivity index (χ2n) is 6.06. The van der Waals surface area contributed by atoms with Gasteiger partial charge in [-0.1, -0.05) is 25.0 Å². The number of hydrogen-bond donors (Lipinski definition) is 1. The van der Waals surface area contributed by atoms with E-state index < -0.39 is 28.5 Å². The first-order chi connectivity index (χ1) is 10.5. The molecule has 0 unspecified atom stereocenters. The van der Waals surface area contributed by atoms with Crippen LogP contribution in [-0.4, -0.2) is 28.2 Å². The van der Waals surface area contributed by atoms with Gasteiger partial charge in [-0.3, -0.25) is 19.2 Å². The summed E-state index contributed by atoms with van der Waals surface area (Å²) < 4.78 is 0. The highest BCUT2D eigenvalue weighted by molar-refractivity contribution is 6.51. The normalized spacial score (nSPS) is 22.5. The third-order valence-corrected chi connectivity index (χ3v) is 5.00. The molecule has 1 aromatic carbocycles. The molecular formula is C17H12O5. The Morgan fingerprint density at radius 1 is 0.864 bits per heavy atom. The average molecular weight is 296 g/mol. The topological polar surface area (TPSA) is 88.5 Å². The predicted molar refractivity (Wildman–Crippen MR) is 74.7 cm³/mol. The Kier molecular flexibility index (Phi) is 2.39. The van der Waals surface area contributed by atoms with Gasteiger partial charge in [0.1, 0.15) is 5.75 Å².